The van der Waals surface area contributed by atoms with E-state index in [1.807, 2.05) is 79.2 Å². The quantitative estimate of drug-likeness (QED) is 0.410. The van der Waals surface area contributed by atoms with Gasteiger partial charge < -0.3 is 19.0 Å². The Morgan fingerprint density at radius 3 is 2.79 bits per heavy atom. The molecule has 33 heavy (non-hydrogen) atoms. The van der Waals surface area contributed by atoms with Gasteiger partial charge in [-0.2, -0.15) is 0 Å². The maximum absolute atomic E-state index is 12.7. The molecule has 7 nitrogen and oxygen atoms in total. The smallest absolute Gasteiger partial charge is 0.251 e. The minimum absolute atomic E-state index is 0.133. The van der Waals surface area contributed by atoms with Crippen molar-refractivity contribution in [3.05, 3.63) is 95.7 Å². The molecule has 3 heterocycles. The van der Waals surface area contributed by atoms with Crippen LogP contribution >= 0.6 is 0 Å². The predicted molar refractivity (Wildman–Crippen MR) is 128 cm³/mol. The minimum Gasteiger partial charge on any atom is -0.487 e. The maximum Gasteiger partial charge on any atom is 0.251 e. The van der Waals surface area contributed by atoms with Gasteiger partial charge >= 0.3 is 0 Å². The Balaban J connectivity index is 1.20. The van der Waals surface area contributed by atoms with E-state index in [0.717, 1.165) is 33.8 Å². The van der Waals surface area contributed by atoms with Gasteiger partial charge in [0.05, 0.1) is 16.7 Å². The highest BCUT2D eigenvalue weighted by Crippen LogP contribution is 2.17. The largest absolute Gasteiger partial charge is 0.487 e. The zero-order valence-electron chi connectivity index (χ0n) is 18.7. The second-order valence-electron chi connectivity index (χ2n) is 8.03. The molecule has 3 aromatic heterocycles. The topological polar surface area (TPSA) is 73.5 Å². The molecule has 7 heteroatoms. The molecule has 0 unspecified atom stereocenters. The summed E-state index contributed by atoms with van der Waals surface area (Å²) in [6.45, 7) is 5.51. The molecule has 0 aliphatic rings. The van der Waals surface area contributed by atoms with Crippen LogP contribution in [0.25, 0.3) is 16.7 Å². The van der Waals surface area contributed by atoms with Crippen LogP contribution in [0.2, 0.25) is 0 Å². The van der Waals surface area contributed by atoms with Crippen LogP contribution in [0.4, 0.5) is 0 Å². The molecule has 5 rings (SSSR count). The second-order valence-corrected chi connectivity index (χ2v) is 8.03. The van der Waals surface area contributed by atoms with Crippen molar-refractivity contribution in [1.29, 1.82) is 0 Å². The van der Waals surface area contributed by atoms with Gasteiger partial charge in [0, 0.05) is 31.0 Å². The number of pyridine rings is 1. The Morgan fingerprint density at radius 1 is 1.03 bits per heavy atom. The highest BCUT2D eigenvalue weighted by Gasteiger charge is 2.10. The van der Waals surface area contributed by atoms with E-state index in [1.54, 1.807) is 12.1 Å². The van der Waals surface area contributed by atoms with Gasteiger partial charge in [-0.15, -0.1) is 0 Å². The van der Waals surface area contributed by atoms with Crippen LogP contribution in [0.5, 0.6) is 5.75 Å². The highest BCUT2D eigenvalue weighted by atomic mass is 16.5. The van der Waals surface area contributed by atoms with Crippen molar-refractivity contribution in [3.63, 3.8) is 0 Å². The normalized spacial score (nSPS) is 11.2. The van der Waals surface area contributed by atoms with E-state index in [2.05, 4.69) is 19.9 Å². The van der Waals surface area contributed by atoms with E-state index >= 15 is 0 Å². The zero-order chi connectivity index (χ0) is 22.8. The monoisotopic (exact) mass is 439 g/mol. The number of rotatable bonds is 7. The Hall–Kier alpha value is -4.13. The first-order valence-electron chi connectivity index (χ1n) is 10.9. The van der Waals surface area contributed by atoms with Crippen LogP contribution in [-0.4, -0.2) is 31.4 Å². The highest BCUT2D eigenvalue weighted by molar-refractivity contribution is 5.94. The van der Waals surface area contributed by atoms with E-state index in [1.165, 1.54) is 0 Å². The number of para-hydroxylation sites is 2. The van der Waals surface area contributed by atoms with Crippen molar-refractivity contribution in [3.8, 4) is 5.75 Å². The lowest BCUT2D eigenvalue weighted by molar-refractivity contribution is 0.0952. The van der Waals surface area contributed by atoms with Crippen molar-refractivity contribution in [2.75, 3.05) is 6.54 Å². The van der Waals surface area contributed by atoms with Crippen LogP contribution in [0, 0.1) is 13.8 Å². The summed E-state index contributed by atoms with van der Waals surface area (Å²) in [5.74, 6) is 1.43. The number of carbonyl (C=O) groups is 1. The molecule has 1 N–H and O–H groups in total. The van der Waals surface area contributed by atoms with E-state index in [4.69, 9.17) is 4.74 Å². The van der Waals surface area contributed by atoms with Gasteiger partial charge in [-0.1, -0.05) is 24.3 Å². The number of amides is 1. The van der Waals surface area contributed by atoms with Gasteiger partial charge in [-0.05, 0) is 55.8 Å². The lowest BCUT2D eigenvalue weighted by Crippen LogP contribution is -2.27. The van der Waals surface area contributed by atoms with Crippen molar-refractivity contribution < 1.29 is 9.53 Å². The Kier molecular flexibility index (Phi) is 5.52. The maximum atomic E-state index is 12.7. The summed E-state index contributed by atoms with van der Waals surface area (Å²) in [5.41, 5.74) is 5.47. The Bertz CT molecular complexity index is 1450. The predicted octanol–water partition coefficient (Wildman–Crippen LogP) is 4.31. The fourth-order valence-electron chi connectivity index (χ4n) is 4.02. The van der Waals surface area contributed by atoms with Crippen LogP contribution in [0.3, 0.4) is 0 Å². The molecule has 0 fully saturated rings. The van der Waals surface area contributed by atoms with Gasteiger partial charge in [0.15, 0.2) is 0 Å². The van der Waals surface area contributed by atoms with E-state index in [9.17, 15) is 4.79 Å². The summed E-state index contributed by atoms with van der Waals surface area (Å²) in [6.07, 6.45) is 3.93. The van der Waals surface area contributed by atoms with Gasteiger partial charge in [0.1, 0.15) is 23.8 Å². The third-order valence-electron chi connectivity index (χ3n) is 5.68. The molecule has 0 saturated carbocycles. The van der Waals surface area contributed by atoms with Crippen molar-refractivity contribution in [1.82, 2.24) is 24.3 Å². The third kappa shape index (κ3) is 4.30. The van der Waals surface area contributed by atoms with Crippen molar-refractivity contribution in [2.24, 2.45) is 0 Å². The molecular weight excluding hydrogens is 414 g/mol. The van der Waals surface area contributed by atoms with Gasteiger partial charge in [0.25, 0.3) is 5.91 Å². The van der Waals surface area contributed by atoms with Crippen LogP contribution in [0.1, 0.15) is 27.4 Å². The molecule has 1 amide bonds. The van der Waals surface area contributed by atoms with E-state index in [0.29, 0.717) is 31.0 Å². The summed E-state index contributed by atoms with van der Waals surface area (Å²) < 4.78 is 10.0. The molecule has 0 saturated heterocycles. The van der Waals surface area contributed by atoms with E-state index < -0.39 is 0 Å². The summed E-state index contributed by atoms with van der Waals surface area (Å²) in [6, 6.07) is 19.3. The number of aryl methyl sites for hydroxylation is 2. The lowest BCUT2D eigenvalue weighted by Gasteiger charge is -2.10. The average Bonchev–Trinajstić information content (AvgIpc) is 3.39. The number of benzene rings is 2. The molecule has 0 aliphatic heterocycles. The first kappa shape index (κ1) is 20.8. The molecule has 0 radical (unpaired) electrons. The number of ether oxygens (including phenoxy) is 1. The molecule has 0 aliphatic carbocycles. The van der Waals surface area contributed by atoms with Gasteiger partial charge in [-0.3, -0.25) is 4.79 Å². The molecular formula is C26H25N5O2. The fourth-order valence-corrected chi connectivity index (χ4v) is 4.02. The van der Waals surface area contributed by atoms with Gasteiger partial charge in [-0.25, -0.2) is 9.97 Å². The number of carbonyl (C=O) groups excluding carboxylic acids is 1. The molecule has 2 aromatic carbocycles. The molecule has 5 aromatic rings. The molecule has 0 spiro atoms. The summed E-state index contributed by atoms with van der Waals surface area (Å²) in [4.78, 5) is 21.9. The second kappa shape index (κ2) is 8.78. The molecule has 166 valence electrons. The van der Waals surface area contributed by atoms with Crippen molar-refractivity contribution >= 4 is 22.6 Å². The standard InChI is InChI=1S/C26H25N5O2/c1-18-7-6-13-30-16-21(29-25(18)30)17-33-22-9-5-8-20(15-22)26(32)27-12-14-31-19(2)28-23-10-3-4-11-24(23)31/h3-11,13,15-16H,12,14,17H2,1-2H3,(H,27,32). The van der Waals surface area contributed by atoms with Gasteiger partial charge in [0.2, 0.25) is 0 Å². The number of imidazole rings is 2. The first-order chi connectivity index (χ1) is 16.1. The van der Waals surface area contributed by atoms with E-state index in [-0.39, 0.29) is 5.91 Å². The fraction of sp³-hybridized carbons (Fsp3) is 0.192. The minimum atomic E-state index is -0.133. The Labute approximate surface area is 191 Å². The number of aromatic nitrogens is 4. The van der Waals surface area contributed by atoms with Crippen LogP contribution in [-0.2, 0) is 13.2 Å². The number of nitrogens with zero attached hydrogens (tertiary/aromatic N) is 4. The summed E-state index contributed by atoms with van der Waals surface area (Å²) in [5, 5.41) is 3.00. The Morgan fingerprint density at radius 2 is 1.91 bits per heavy atom. The lowest BCUT2D eigenvalue weighted by atomic mass is 10.2. The average molecular weight is 440 g/mol. The number of hydrogen-bond donors (Lipinski definition) is 1. The van der Waals surface area contributed by atoms with Crippen LogP contribution < -0.4 is 10.1 Å². The number of hydrogen-bond acceptors (Lipinski definition) is 4. The summed E-state index contributed by atoms with van der Waals surface area (Å²) in [7, 11) is 0. The van der Waals surface area contributed by atoms with Crippen molar-refractivity contribution in [2.45, 2.75) is 27.0 Å². The summed E-state index contributed by atoms with van der Waals surface area (Å²) >= 11 is 0. The number of nitrogens with one attached hydrogen (secondary N) is 1. The molecule has 0 bridgehead atoms. The molecule has 0 atom stereocenters. The SMILES string of the molecule is Cc1cccn2cc(COc3cccc(C(=O)NCCn4c(C)nc5ccccc54)c3)nc12. The van der Waals surface area contributed by atoms with Crippen LogP contribution in [0.15, 0.2) is 73.1 Å². The zero-order valence-corrected chi connectivity index (χ0v) is 18.7. The first-order valence-corrected chi connectivity index (χ1v) is 10.9. The number of fused-ring (bicyclic) bond motifs is 2. The third-order valence-corrected chi connectivity index (χ3v) is 5.68.